The number of carbonyl (C=O) groups excluding carboxylic acids is 1. The number of nitrogens with zero attached hydrogens (tertiary/aromatic N) is 4. The van der Waals surface area contributed by atoms with Gasteiger partial charge in [0.25, 0.3) is 5.91 Å². The molecule has 1 saturated heterocycles. The van der Waals surface area contributed by atoms with E-state index >= 15 is 0 Å². The average Bonchev–Trinajstić information content (AvgIpc) is 3.33. The highest BCUT2D eigenvalue weighted by atomic mass is 16.5. The summed E-state index contributed by atoms with van der Waals surface area (Å²) in [6, 6.07) is 10.00. The number of hydrogen-bond acceptors (Lipinski definition) is 7. The molecule has 8 heteroatoms. The minimum atomic E-state index is -0.306. The Kier molecular flexibility index (Phi) is 6.06. The maximum absolute atomic E-state index is 12.5. The lowest BCUT2D eigenvalue weighted by Gasteiger charge is -2.37. The first-order valence-corrected chi connectivity index (χ1v) is 10.3. The molecule has 3 aromatic rings. The molecule has 2 aromatic heterocycles. The van der Waals surface area contributed by atoms with Crippen LogP contribution in [0, 0.1) is 13.8 Å². The van der Waals surface area contributed by atoms with E-state index in [4.69, 9.17) is 9.15 Å². The Morgan fingerprint density at radius 3 is 2.61 bits per heavy atom. The maximum atomic E-state index is 12.5. The van der Waals surface area contributed by atoms with Crippen LogP contribution in [0.3, 0.4) is 0 Å². The molecular formula is C23H27N5O3. The fourth-order valence-electron chi connectivity index (χ4n) is 3.72. The molecule has 31 heavy (non-hydrogen) atoms. The first-order chi connectivity index (χ1) is 15.1. The smallest absolute Gasteiger partial charge is 0.258 e. The van der Waals surface area contributed by atoms with Gasteiger partial charge in [0.1, 0.15) is 11.3 Å². The molecular weight excluding hydrogens is 394 g/mol. The minimum absolute atomic E-state index is 0.263. The molecule has 0 spiro atoms. The summed E-state index contributed by atoms with van der Waals surface area (Å²) in [5.74, 6) is 1.20. The summed E-state index contributed by atoms with van der Waals surface area (Å²) in [5.41, 5.74) is 4.20. The third-order valence-electron chi connectivity index (χ3n) is 5.66. The highest BCUT2D eigenvalue weighted by Crippen LogP contribution is 2.25. The molecule has 0 radical (unpaired) electrons. The van der Waals surface area contributed by atoms with E-state index in [0.29, 0.717) is 17.3 Å². The van der Waals surface area contributed by atoms with Crippen LogP contribution in [0.15, 0.2) is 47.2 Å². The second kappa shape index (κ2) is 9.07. The molecule has 1 N–H and O–H groups in total. The van der Waals surface area contributed by atoms with E-state index in [1.165, 1.54) is 30.1 Å². The summed E-state index contributed by atoms with van der Waals surface area (Å²) in [4.78, 5) is 26.0. The van der Waals surface area contributed by atoms with E-state index in [0.717, 1.165) is 26.2 Å². The van der Waals surface area contributed by atoms with E-state index < -0.39 is 0 Å². The first kappa shape index (κ1) is 20.7. The molecule has 162 valence electrons. The molecule has 3 heterocycles. The van der Waals surface area contributed by atoms with Crippen LogP contribution in [-0.2, 0) is 6.54 Å². The van der Waals surface area contributed by atoms with E-state index in [-0.39, 0.29) is 18.3 Å². The minimum Gasteiger partial charge on any atom is -0.480 e. The highest BCUT2D eigenvalue weighted by Gasteiger charge is 2.23. The zero-order valence-corrected chi connectivity index (χ0v) is 18.1. The van der Waals surface area contributed by atoms with Gasteiger partial charge in [-0.1, -0.05) is 12.1 Å². The van der Waals surface area contributed by atoms with Gasteiger partial charge in [-0.15, -0.1) is 0 Å². The fourth-order valence-corrected chi connectivity index (χ4v) is 3.72. The van der Waals surface area contributed by atoms with E-state index in [1.807, 2.05) is 0 Å². The normalized spacial score (nSPS) is 13.9. The van der Waals surface area contributed by atoms with Crippen molar-refractivity contribution < 1.29 is 13.9 Å². The van der Waals surface area contributed by atoms with Crippen molar-refractivity contribution in [3.05, 3.63) is 65.2 Å². The first-order valence-electron chi connectivity index (χ1n) is 10.3. The van der Waals surface area contributed by atoms with E-state index in [2.05, 4.69) is 57.1 Å². The number of methoxy groups -OCH3 is 1. The number of nitrogens with one attached hydrogen (secondary N) is 1. The van der Waals surface area contributed by atoms with Gasteiger partial charge in [-0.3, -0.25) is 4.79 Å². The van der Waals surface area contributed by atoms with Crippen LogP contribution < -0.4 is 19.9 Å². The Morgan fingerprint density at radius 2 is 1.90 bits per heavy atom. The molecule has 0 aliphatic carbocycles. The van der Waals surface area contributed by atoms with Crippen LogP contribution in [0.2, 0.25) is 0 Å². The van der Waals surface area contributed by atoms with Crippen LogP contribution in [0.4, 0.5) is 11.6 Å². The van der Waals surface area contributed by atoms with Gasteiger partial charge >= 0.3 is 0 Å². The topological polar surface area (TPSA) is 83.7 Å². The number of anilines is 2. The molecule has 0 saturated carbocycles. The maximum Gasteiger partial charge on any atom is 0.258 e. The van der Waals surface area contributed by atoms with Crippen molar-refractivity contribution in [2.24, 2.45) is 0 Å². The molecule has 1 aliphatic heterocycles. The Hall–Kier alpha value is -3.55. The molecule has 1 fully saturated rings. The molecule has 0 bridgehead atoms. The summed E-state index contributed by atoms with van der Waals surface area (Å²) in [6.07, 6.45) is 3.09. The van der Waals surface area contributed by atoms with Gasteiger partial charge < -0.3 is 24.3 Å². The molecule has 1 aromatic carbocycles. The van der Waals surface area contributed by atoms with Gasteiger partial charge in [0.05, 0.1) is 19.9 Å². The lowest BCUT2D eigenvalue weighted by molar-refractivity contribution is 0.0944. The molecule has 4 rings (SSSR count). The van der Waals surface area contributed by atoms with Gasteiger partial charge in [-0.2, -0.15) is 4.98 Å². The van der Waals surface area contributed by atoms with Crippen molar-refractivity contribution in [1.82, 2.24) is 15.3 Å². The van der Waals surface area contributed by atoms with Crippen LogP contribution in [0.5, 0.6) is 5.88 Å². The molecule has 0 atom stereocenters. The van der Waals surface area contributed by atoms with Crippen molar-refractivity contribution in [1.29, 1.82) is 0 Å². The van der Waals surface area contributed by atoms with Gasteiger partial charge in [0.15, 0.2) is 0 Å². The lowest BCUT2D eigenvalue weighted by atomic mass is 10.1. The molecule has 1 aliphatic rings. The van der Waals surface area contributed by atoms with Gasteiger partial charge in [0, 0.05) is 38.1 Å². The highest BCUT2D eigenvalue weighted by molar-refractivity contribution is 5.96. The van der Waals surface area contributed by atoms with Crippen LogP contribution in [0.1, 0.15) is 27.2 Å². The summed E-state index contributed by atoms with van der Waals surface area (Å²) >= 11 is 0. The van der Waals surface area contributed by atoms with Crippen LogP contribution in [-0.4, -0.2) is 49.2 Å². The zero-order chi connectivity index (χ0) is 21.8. The number of benzene rings is 1. The van der Waals surface area contributed by atoms with Crippen molar-refractivity contribution >= 4 is 17.5 Å². The second-order valence-electron chi connectivity index (χ2n) is 7.55. The Labute approximate surface area is 181 Å². The summed E-state index contributed by atoms with van der Waals surface area (Å²) in [5, 5.41) is 2.80. The van der Waals surface area contributed by atoms with Crippen LogP contribution >= 0.6 is 0 Å². The second-order valence-corrected chi connectivity index (χ2v) is 7.55. The van der Waals surface area contributed by atoms with Crippen molar-refractivity contribution in [3.63, 3.8) is 0 Å². The summed E-state index contributed by atoms with van der Waals surface area (Å²) in [6.45, 7) is 7.93. The standard InChI is InChI=1S/C23H27N5O3/c1-16-6-4-8-20(17(16)2)27-9-11-28(12-10-27)23-25-15-19(22(26-23)30-3)21(29)24-14-18-7-5-13-31-18/h4-8,13,15H,9-12,14H2,1-3H3,(H,24,29). The number of piperazine rings is 1. The predicted molar refractivity (Wildman–Crippen MR) is 119 cm³/mol. The number of hydrogen-bond donors (Lipinski definition) is 1. The Balaban J connectivity index is 1.42. The van der Waals surface area contributed by atoms with Crippen molar-refractivity contribution in [2.45, 2.75) is 20.4 Å². The fraction of sp³-hybridized carbons (Fsp3) is 0.348. The van der Waals surface area contributed by atoms with Gasteiger partial charge in [-0.05, 0) is 43.2 Å². The quantitative estimate of drug-likeness (QED) is 0.655. The van der Waals surface area contributed by atoms with E-state index in [1.54, 1.807) is 18.4 Å². The van der Waals surface area contributed by atoms with Gasteiger partial charge in [0.2, 0.25) is 11.8 Å². The summed E-state index contributed by atoms with van der Waals surface area (Å²) < 4.78 is 10.6. The average molecular weight is 422 g/mol. The third kappa shape index (κ3) is 4.47. The number of furan rings is 1. The monoisotopic (exact) mass is 421 g/mol. The number of aromatic nitrogens is 2. The Bertz CT molecular complexity index is 1040. The molecule has 0 unspecified atom stereocenters. The number of aryl methyl sites for hydroxylation is 1. The zero-order valence-electron chi connectivity index (χ0n) is 18.1. The largest absolute Gasteiger partial charge is 0.480 e. The summed E-state index contributed by atoms with van der Waals surface area (Å²) in [7, 11) is 1.51. The Morgan fingerprint density at radius 1 is 1.13 bits per heavy atom. The number of amides is 1. The third-order valence-corrected chi connectivity index (χ3v) is 5.66. The van der Waals surface area contributed by atoms with E-state index in [9.17, 15) is 4.79 Å². The van der Waals surface area contributed by atoms with Gasteiger partial charge in [-0.25, -0.2) is 4.98 Å². The number of carbonyl (C=O) groups is 1. The van der Waals surface area contributed by atoms with Crippen molar-refractivity contribution in [2.75, 3.05) is 43.1 Å². The van der Waals surface area contributed by atoms with Crippen LogP contribution in [0.25, 0.3) is 0 Å². The lowest BCUT2D eigenvalue weighted by Crippen LogP contribution is -2.47. The van der Waals surface area contributed by atoms with Crippen molar-refractivity contribution in [3.8, 4) is 5.88 Å². The number of ether oxygens (including phenoxy) is 1. The molecule has 8 nitrogen and oxygen atoms in total. The SMILES string of the molecule is COc1nc(N2CCN(c3cccc(C)c3C)CC2)ncc1C(=O)NCc1ccco1. The molecule has 1 amide bonds. The number of rotatable bonds is 6. The predicted octanol–water partition coefficient (Wildman–Crippen LogP) is 2.95.